The molecule has 3 heteroatoms. The first-order chi connectivity index (χ1) is 15.3. The summed E-state index contributed by atoms with van der Waals surface area (Å²) in [6, 6.07) is 32.1. The first-order valence-electron chi connectivity index (χ1n) is 11.3. The molecule has 31 heavy (non-hydrogen) atoms. The molecule has 2 bridgehead atoms. The van der Waals surface area contributed by atoms with Gasteiger partial charge in [-0.15, -0.1) is 0 Å². The fourth-order valence-electron chi connectivity index (χ4n) is 5.50. The third kappa shape index (κ3) is 4.14. The van der Waals surface area contributed by atoms with Gasteiger partial charge in [0.15, 0.2) is 0 Å². The molecule has 0 radical (unpaired) electrons. The molecule has 3 aliphatic rings. The fraction of sp³-hybridized carbons (Fsp3) is 0.321. The monoisotopic (exact) mass is 408 g/mol. The van der Waals surface area contributed by atoms with Crippen LogP contribution in [-0.4, -0.2) is 30.1 Å². The Balaban J connectivity index is 1.48. The van der Waals surface area contributed by atoms with E-state index in [0.29, 0.717) is 24.1 Å². The molecule has 2 unspecified atom stereocenters. The Morgan fingerprint density at radius 3 is 2.13 bits per heavy atom. The maximum absolute atomic E-state index is 9.23. The molecule has 0 aromatic heterocycles. The van der Waals surface area contributed by atoms with Crippen LogP contribution in [0.25, 0.3) is 0 Å². The van der Waals surface area contributed by atoms with Crippen molar-refractivity contribution < 1.29 is 4.74 Å². The van der Waals surface area contributed by atoms with E-state index in [1.165, 1.54) is 24.0 Å². The summed E-state index contributed by atoms with van der Waals surface area (Å²) < 4.78 is 6.69. The SMILES string of the molecule is N#Cc1cccc(COC2C3CCN(CC3)C2C(c2ccccc2)c2ccccc2)c1. The molecule has 0 N–H and O–H groups in total. The van der Waals surface area contributed by atoms with E-state index >= 15 is 0 Å². The predicted molar refractivity (Wildman–Crippen MR) is 123 cm³/mol. The predicted octanol–water partition coefficient (Wildman–Crippen LogP) is 5.37. The third-order valence-corrected chi connectivity index (χ3v) is 6.95. The van der Waals surface area contributed by atoms with Crippen LogP contribution < -0.4 is 0 Å². The topological polar surface area (TPSA) is 36.3 Å². The molecule has 3 fully saturated rings. The molecule has 3 saturated heterocycles. The highest BCUT2D eigenvalue weighted by molar-refractivity contribution is 5.36. The van der Waals surface area contributed by atoms with Gasteiger partial charge < -0.3 is 4.74 Å². The Morgan fingerprint density at radius 1 is 0.871 bits per heavy atom. The zero-order valence-electron chi connectivity index (χ0n) is 17.7. The van der Waals surface area contributed by atoms with Gasteiger partial charge in [-0.2, -0.15) is 5.26 Å². The molecule has 6 rings (SSSR count). The molecule has 3 aromatic carbocycles. The van der Waals surface area contributed by atoms with Gasteiger partial charge in [-0.3, -0.25) is 4.90 Å². The Labute approximate surface area is 184 Å². The van der Waals surface area contributed by atoms with Crippen LogP contribution in [0.2, 0.25) is 0 Å². The molecular weight excluding hydrogens is 380 g/mol. The molecule has 3 heterocycles. The highest BCUT2D eigenvalue weighted by Gasteiger charge is 2.47. The van der Waals surface area contributed by atoms with Crippen LogP contribution in [0, 0.1) is 17.2 Å². The van der Waals surface area contributed by atoms with Crippen LogP contribution in [0.4, 0.5) is 0 Å². The second-order valence-corrected chi connectivity index (χ2v) is 8.75. The summed E-state index contributed by atoms with van der Waals surface area (Å²) in [5, 5.41) is 9.23. The summed E-state index contributed by atoms with van der Waals surface area (Å²) in [7, 11) is 0. The minimum absolute atomic E-state index is 0.179. The lowest BCUT2D eigenvalue weighted by molar-refractivity contribution is -0.120. The zero-order valence-corrected chi connectivity index (χ0v) is 17.7. The highest BCUT2D eigenvalue weighted by Crippen LogP contribution is 2.43. The van der Waals surface area contributed by atoms with Crippen LogP contribution >= 0.6 is 0 Å². The largest absolute Gasteiger partial charge is 0.372 e. The van der Waals surface area contributed by atoms with Crippen molar-refractivity contribution in [3.8, 4) is 6.07 Å². The molecule has 3 nitrogen and oxygen atoms in total. The first-order valence-corrected chi connectivity index (χ1v) is 11.3. The van der Waals surface area contributed by atoms with Gasteiger partial charge in [0.1, 0.15) is 0 Å². The van der Waals surface area contributed by atoms with Crippen LogP contribution in [0.5, 0.6) is 0 Å². The molecule has 0 aliphatic carbocycles. The molecule has 0 spiro atoms. The van der Waals surface area contributed by atoms with Crippen molar-refractivity contribution in [1.82, 2.24) is 4.90 Å². The van der Waals surface area contributed by atoms with Gasteiger partial charge >= 0.3 is 0 Å². The summed E-state index contributed by atoms with van der Waals surface area (Å²) in [5.41, 5.74) is 4.47. The van der Waals surface area contributed by atoms with Gasteiger partial charge in [0.05, 0.1) is 24.3 Å². The van der Waals surface area contributed by atoms with E-state index in [0.717, 1.165) is 18.7 Å². The number of fused-ring (bicyclic) bond motifs is 3. The summed E-state index contributed by atoms with van der Waals surface area (Å²) in [4.78, 5) is 2.65. The van der Waals surface area contributed by atoms with Gasteiger partial charge in [-0.1, -0.05) is 72.8 Å². The number of benzene rings is 3. The maximum atomic E-state index is 9.23. The van der Waals surface area contributed by atoms with Crippen molar-refractivity contribution in [1.29, 1.82) is 5.26 Å². The summed E-state index contributed by atoms with van der Waals surface area (Å²) >= 11 is 0. The van der Waals surface area contributed by atoms with Gasteiger partial charge in [-0.25, -0.2) is 0 Å². The van der Waals surface area contributed by atoms with Crippen molar-refractivity contribution in [2.45, 2.75) is 37.5 Å². The Kier molecular flexibility index (Phi) is 5.84. The lowest BCUT2D eigenvalue weighted by Crippen LogP contribution is -2.60. The van der Waals surface area contributed by atoms with Crippen LogP contribution in [0.1, 0.15) is 41.0 Å². The first kappa shape index (κ1) is 20.0. The standard InChI is InChI=1S/C28H28N2O/c29-19-21-8-7-9-22(18-21)20-31-28-25-14-16-30(17-15-25)27(28)26(23-10-3-1-4-11-23)24-12-5-2-6-13-24/h1-13,18,25-28H,14-17,20H2. The Hall–Kier alpha value is -2.93. The number of hydrogen-bond acceptors (Lipinski definition) is 3. The molecular formula is C28H28N2O. The number of hydrogen-bond donors (Lipinski definition) is 0. The molecule has 3 aliphatic heterocycles. The van der Waals surface area contributed by atoms with Crippen LogP contribution in [0.15, 0.2) is 84.9 Å². The minimum atomic E-state index is 0.179. The van der Waals surface area contributed by atoms with E-state index in [1.807, 2.05) is 18.2 Å². The van der Waals surface area contributed by atoms with Gasteiger partial charge in [0, 0.05) is 12.0 Å². The van der Waals surface area contributed by atoms with Crippen LogP contribution in [0.3, 0.4) is 0 Å². The quantitative estimate of drug-likeness (QED) is 0.550. The maximum Gasteiger partial charge on any atom is 0.0991 e. The Morgan fingerprint density at radius 2 is 1.52 bits per heavy atom. The molecule has 156 valence electrons. The lowest BCUT2D eigenvalue weighted by Gasteiger charge is -2.53. The van der Waals surface area contributed by atoms with Crippen molar-refractivity contribution in [2.24, 2.45) is 5.92 Å². The van der Waals surface area contributed by atoms with Crippen molar-refractivity contribution in [3.05, 3.63) is 107 Å². The third-order valence-electron chi connectivity index (χ3n) is 6.95. The number of piperidine rings is 3. The van der Waals surface area contributed by atoms with E-state index in [9.17, 15) is 5.26 Å². The number of ether oxygens (including phenoxy) is 1. The lowest BCUT2D eigenvalue weighted by atomic mass is 9.72. The zero-order chi connectivity index (χ0) is 21.0. The van der Waals surface area contributed by atoms with Crippen molar-refractivity contribution in [3.63, 3.8) is 0 Å². The fourth-order valence-corrected chi connectivity index (χ4v) is 5.50. The van der Waals surface area contributed by atoms with E-state index in [4.69, 9.17) is 4.74 Å². The number of nitriles is 1. The normalized spacial score (nSPS) is 24.8. The van der Waals surface area contributed by atoms with Crippen LogP contribution in [-0.2, 0) is 11.3 Å². The molecule has 0 saturated carbocycles. The van der Waals surface area contributed by atoms with Gasteiger partial charge in [0.25, 0.3) is 0 Å². The summed E-state index contributed by atoms with van der Waals surface area (Å²) in [6.45, 7) is 2.85. The highest BCUT2D eigenvalue weighted by atomic mass is 16.5. The number of rotatable bonds is 6. The van der Waals surface area contributed by atoms with Gasteiger partial charge in [0.2, 0.25) is 0 Å². The average molecular weight is 409 g/mol. The Bertz CT molecular complexity index is 996. The van der Waals surface area contributed by atoms with E-state index in [-0.39, 0.29) is 12.0 Å². The minimum Gasteiger partial charge on any atom is -0.372 e. The van der Waals surface area contributed by atoms with E-state index in [2.05, 4.69) is 77.7 Å². The summed E-state index contributed by atoms with van der Waals surface area (Å²) in [5.74, 6) is 0.866. The second kappa shape index (κ2) is 9.06. The van der Waals surface area contributed by atoms with E-state index in [1.54, 1.807) is 0 Å². The van der Waals surface area contributed by atoms with Crippen molar-refractivity contribution >= 4 is 0 Å². The molecule has 3 aromatic rings. The second-order valence-electron chi connectivity index (χ2n) is 8.75. The molecule has 2 atom stereocenters. The molecule has 0 amide bonds. The summed E-state index contributed by atoms with van der Waals surface area (Å²) in [6.07, 6.45) is 2.59. The number of nitrogens with zero attached hydrogens (tertiary/aromatic N) is 2. The smallest absolute Gasteiger partial charge is 0.0991 e. The van der Waals surface area contributed by atoms with E-state index < -0.39 is 0 Å². The van der Waals surface area contributed by atoms with Crippen molar-refractivity contribution in [2.75, 3.05) is 13.1 Å². The van der Waals surface area contributed by atoms with Gasteiger partial charge in [-0.05, 0) is 60.7 Å². The average Bonchev–Trinajstić information content (AvgIpc) is 2.85.